The summed E-state index contributed by atoms with van der Waals surface area (Å²) >= 11 is 1.41. The SMILES string of the molecule is COc1ccccc1NC(=O)COc1ccc(C(=O)Nc2nc3ccc(C)cc3s2)cc1OC. The maximum atomic E-state index is 12.8. The number of thiazole rings is 1. The van der Waals surface area contributed by atoms with Gasteiger partial charge in [-0.05, 0) is 55.0 Å². The van der Waals surface area contributed by atoms with Gasteiger partial charge in [0.15, 0.2) is 23.2 Å². The number of nitrogens with one attached hydrogen (secondary N) is 2. The second-order valence-electron chi connectivity index (χ2n) is 7.35. The Labute approximate surface area is 200 Å². The number of fused-ring (bicyclic) bond motifs is 1. The molecular weight excluding hydrogens is 454 g/mol. The van der Waals surface area contributed by atoms with E-state index in [4.69, 9.17) is 14.2 Å². The fourth-order valence-electron chi connectivity index (χ4n) is 3.26. The van der Waals surface area contributed by atoms with Crippen molar-refractivity contribution in [2.75, 3.05) is 31.5 Å². The molecule has 0 aliphatic carbocycles. The van der Waals surface area contributed by atoms with Gasteiger partial charge >= 0.3 is 0 Å². The summed E-state index contributed by atoms with van der Waals surface area (Å²) in [6.45, 7) is 1.76. The first-order valence-corrected chi connectivity index (χ1v) is 11.2. The summed E-state index contributed by atoms with van der Waals surface area (Å²) in [5.41, 5.74) is 2.88. The van der Waals surface area contributed by atoms with Crippen LogP contribution in [-0.4, -0.2) is 37.6 Å². The molecule has 0 aliphatic rings. The smallest absolute Gasteiger partial charge is 0.262 e. The number of rotatable bonds is 8. The van der Waals surface area contributed by atoms with Crippen LogP contribution in [0.15, 0.2) is 60.7 Å². The minimum Gasteiger partial charge on any atom is -0.495 e. The summed E-state index contributed by atoms with van der Waals surface area (Å²) in [5, 5.41) is 6.08. The second kappa shape index (κ2) is 10.2. The Morgan fingerprint density at radius 3 is 2.50 bits per heavy atom. The van der Waals surface area contributed by atoms with E-state index >= 15 is 0 Å². The number of carbonyl (C=O) groups is 2. The summed E-state index contributed by atoms with van der Waals surface area (Å²) < 4.78 is 17.2. The van der Waals surface area contributed by atoms with Gasteiger partial charge in [-0.3, -0.25) is 14.9 Å². The van der Waals surface area contributed by atoms with Crippen molar-refractivity contribution < 1.29 is 23.8 Å². The van der Waals surface area contributed by atoms with Crippen LogP contribution < -0.4 is 24.8 Å². The molecular formula is C25H23N3O5S. The summed E-state index contributed by atoms with van der Waals surface area (Å²) in [6, 6.07) is 17.8. The zero-order valence-corrected chi connectivity index (χ0v) is 19.7. The van der Waals surface area contributed by atoms with E-state index < -0.39 is 0 Å². The standard InChI is InChI=1S/C25H23N3O5S/c1-15-8-10-18-22(12-15)34-25(27-18)28-24(30)16-9-11-20(21(13-16)32-3)33-14-23(29)26-17-6-4-5-7-19(17)31-2/h4-13H,14H2,1-3H3,(H,26,29)(H,27,28,30). The van der Waals surface area contributed by atoms with Gasteiger partial charge in [-0.1, -0.05) is 29.5 Å². The van der Waals surface area contributed by atoms with E-state index in [2.05, 4.69) is 15.6 Å². The maximum Gasteiger partial charge on any atom is 0.262 e. The van der Waals surface area contributed by atoms with Crippen molar-refractivity contribution >= 4 is 44.2 Å². The molecule has 0 radical (unpaired) electrons. The zero-order chi connectivity index (χ0) is 24.1. The number of benzene rings is 3. The van der Waals surface area contributed by atoms with E-state index in [0.717, 1.165) is 15.8 Å². The molecule has 3 aromatic carbocycles. The number of ether oxygens (including phenoxy) is 3. The van der Waals surface area contributed by atoms with Gasteiger partial charge in [-0.15, -0.1) is 0 Å². The zero-order valence-electron chi connectivity index (χ0n) is 18.9. The van der Waals surface area contributed by atoms with E-state index in [-0.39, 0.29) is 18.4 Å². The molecule has 4 aromatic rings. The molecule has 34 heavy (non-hydrogen) atoms. The highest BCUT2D eigenvalue weighted by Gasteiger charge is 2.15. The van der Waals surface area contributed by atoms with Crippen LogP contribution in [0.1, 0.15) is 15.9 Å². The Hall–Kier alpha value is -4.11. The van der Waals surface area contributed by atoms with Gasteiger partial charge in [0.2, 0.25) is 0 Å². The third-order valence-corrected chi connectivity index (χ3v) is 5.86. The van der Waals surface area contributed by atoms with E-state index in [1.54, 1.807) is 36.4 Å². The van der Waals surface area contributed by atoms with Gasteiger partial charge in [0.1, 0.15) is 5.75 Å². The Morgan fingerprint density at radius 1 is 0.912 bits per heavy atom. The third-order valence-electron chi connectivity index (χ3n) is 4.93. The van der Waals surface area contributed by atoms with Gasteiger partial charge in [0.25, 0.3) is 11.8 Å². The van der Waals surface area contributed by atoms with Crippen molar-refractivity contribution in [3.63, 3.8) is 0 Å². The highest BCUT2D eigenvalue weighted by molar-refractivity contribution is 7.22. The molecule has 1 heterocycles. The Bertz CT molecular complexity index is 1350. The van der Waals surface area contributed by atoms with Crippen LogP contribution in [0.4, 0.5) is 10.8 Å². The predicted molar refractivity (Wildman–Crippen MR) is 132 cm³/mol. The summed E-state index contributed by atoms with van der Waals surface area (Å²) in [4.78, 5) is 29.5. The van der Waals surface area contributed by atoms with Crippen molar-refractivity contribution in [2.24, 2.45) is 0 Å². The predicted octanol–water partition coefficient (Wildman–Crippen LogP) is 4.89. The molecule has 0 spiro atoms. The van der Waals surface area contributed by atoms with Crippen LogP contribution in [0, 0.1) is 6.92 Å². The van der Waals surface area contributed by atoms with E-state index in [9.17, 15) is 9.59 Å². The number of carbonyl (C=O) groups excluding carboxylic acids is 2. The molecule has 174 valence electrons. The van der Waals surface area contributed by atoms with Gasteiger partial charge in [-0.25, -0.2) is 4.98 Å². The lowest BCUT2D eigenvalue weighted by Gasteiger charge is -2.13. The summed E-state index contributed by atoms with van der Waals surface area (Å²) in [5.74, 6) is 0.531. The van der Waals surface area contributed by atoms with Crippen molar-refractivity contribution in [3.05, 3.63) is 71.8 Å². The molecule has 2 N–H and O–H groups in total. The normalized spacial score (nSPS) is 10.6. The van der Waals surface area contributed by atoms with E-state index in [1.807, 2.05) is 31.2 Å². The van der Waals surface area contributed by atoms with Crippen LogP contribution in [0.2, 0.25) is 0 Å². The topological polar surface area (TPSA) is 98.8 Å². The molecule has 4 rings (SSSR count). The number of aromatic nitrogens is 1. The molecule has 0 unspecified atom stereocenters. The molecule has 0 saturated carbocycles. The molecule has 0 aliphatic heterocycles. The van der Waals surface area contributed by atoms with Crippen molar-refractivity contribution in [2.45, 2.75) is 6.92 Å². The fraction of sp³-hybridized carbons (Fsp3) is 0.160. The van der Waals surface area contributed by atoms with Crippen molar-refractivity contribution in [1.29, 1.82) is 0 Å². The van der Waals surface area contributed by atoms with Gasteiger partial charge in [0.05, 0.1) is 30.1 Å². The van der Waals surface area contributed by atoms with Gasteiger partial charge in [0, 0.05) is 5.56 Å². The molecule has 0 fully saturated rings. The van der Waals surface area contributed by atoms with Crippen molar-refractivity contribution in [1.82, 2.24) is 4.98 Å². The lowest BCUT2D eigenvalue weighted by Crippen LogP contribution is -2.20. The van der Waals surface area contributed by atoms with E-state index in [0.29, 0.717) is 33.6 Å². The number of para-hydroxylation sites is 2. The molecule has 1 aromatic heterocycles. The molecule has 8 nitrogen and oxygen atoms in total. The molecule has 9 heteroatoms. The number of nitrogens with zero attached hydrogens (tertiary/aromatic N) is 1. The largest absolute Gasteiger partial charge is 0.495 e. The van der Waals surface area contributed by atoms with Crippen LogP contribution in [-0.2, 0) is 4.79 Å². The number of amides is 2. The number of anilines is 2. The number of hydrogen-bond acceptors (Lipinski definition) is 7. The summed E-state index contributed by atoms with van der Waals surface area (Å²) in [7, 11) is 3.00. The lowest BCUT2D eigenvalue weighted by molar-refractivity contribution is -0.118. The Morgan fingerprint density at radius 2 is 1.71 bits per heavy atom. The number of aryl methyl sites for hydroxylation is 1. The van der Waals surface area contributed by atoms with Gasteiger partial charge in [-0.2, -0.15) is 0 Å². The highest BCUT2D eigenvalue weighted by Crippen LogP contribution is 2.30. The number of hydrogen-bond donors (Lipinski definition) is 2. The first kappa shape index (κ1) is 23.1. The quantitative estimate of drug-likeness (QED) is 0.375. The average Bonchev–Trinajstić information content (AvgIpc) is 3.24. The van der Waals surface area contributed by atoms with Crippen LogP contribution in [0.5, 0.6) is 17.2 Å². The Balaban J connectivity index is 1.41. The van der Waals surface area contributed by atoms with Gasteiger partial charge < -0.3 is 19.5 Å². The molecule has 2 amide bonds. The summed E-state index contributed by atoms with van der Waals surface area (Å²) in [6.07, 6.45) is 0. The molecule has 0 saturated heterocycles. The monoisotopic (exact) mass is 477 g/mol. The van der Waals surface area contributed by atoms with Crippen molar-refractivity contribution in [3.8, 4) is 17.2 Å². The lowest BCUT2D eigenvalue weighted by atomic mass is 10.2. The second-order valence-corrected chi connectivity index (χ2v) is 8.38. The fourth-order valence-corrected chi connectivity index (χ4v) is 4.22. The number of methoxy groups -OCH3 is 2. The average molecular weight is 478 g/mol. The van der Waals surface area contributed by atoms with E-state index in [1.165, 1.54) is 25.6 Å². The first-order chi connectivity index (χ1) is 16.5. The van der Waals surface area contributed by atoms with Crippen LogP contribution in [0.3, 0.4) is 0 Å². The third kappa shape index (κ3) is 5.26. The first-order valence-electron chi connectivity index (χ1n) is 10.4. The highest BCUT2D eigenvalue weighted by atomic mass is 32.1. The molecule has 0 atom stereocenters. The van der Waals surface area contributed by atoms with Crippen LogP contribution in [0.25, 0.3) is 10.2 Å². The Kier molecular flexibility index (Phi) is 6.93. The maximum absolute atomic E-state index is 12.8. The molecule has 0 bridgehead atoms. The minimum absolute atomic E-state index is 0.245. The van der Waals surface area contributed by atoms with Crippen LogP contribution >= 0.6 is 11.3 Å². The minimum atomic E-state index is -0.362.